The zero-order chi connectivity index (χ0) is 19.2. The number of hydrogen-bond acceptors (Lipinski definition) is 3. The molecule has 6 heteroatoms. The van der Waals surface area contributed by atoms with Gasteiger partial charge in [0.1, 0.15) is 11.5 Å². The lowest BCUT2D eigenvalue weighted by atomic mass is 10.2. The SMILES string of the molecule is CCN(Cc1ccccc1)c1ccnc(C(=O)Nc2ccc(F)c(Cl)c2)c1. The van der Waals surface area contributed by atoms with Crippen LogP contribution in [0.25, 0.3) is 0 Å². The molecule has 0 radical (unpaired) electrons. The van der Waals surface area contributed by atoms with Crippen LogP contribution in [0.4, 0.5) is 15.8 Å². The fourth-order valence-corrected chi connectivity index (χ4v) is 2.88. The predicted molar refractivity (Wildman–Crippen MR) is 107 cm³/mol. The molecule has 0 bridgehead atoms. The molecule has 1 amide bonds. The molecule has 0 unspecified atom stereocenters. The Labute approximate surface area is 162 Å². The summed E-state index contributed by atoms with van der Waals surface area (Å²) in [5.74, 6) is -0.912. The molecule has 0 saturated carbocycles. The van der Waals surface area contributed by atoms with Gasteiger partial charge in [0.2, 0.25) is 0 Å². The first-order valence-corrected chi connectivity index (χ1v) is 8.96. The minimum atomic E-state index is -0.533. The van der Waals surface area contributed by atoms with E-state index in [9.17, 15) is 9.18 Å². The van der Waals surface area contributed by atoms with Crippen molar-refractivity contribution in [2.75, 3.05) is 16.8 Å². The molecular weight excluding hydrogens is 365 g/mol. The van der Waals surface area contributed by atoms with Gasteiger partial charge in [0.05, 0.1) is 5.02 Å². The Morgan fingerprint density at radius 3 is 2.63 bits per heavy atom. The molecule has 0 aliphatic heterocycles. The molecule has 3 rings (SSSR count). The monoisotopic (exact) mass is 383 g/mol. The summed E-state index contributed by atoms with van der Waals surface area (Å²) in [5.41, 5.74) is 2.77. The smallest absolute Gasteiger partial charge is 0.274 e. The number of nitrogens with one attached hydrogen (secondary N) is 1. The Bertz CT molecular complexity index is 934. The lowest BCUT2D eigenvalue weighted by molar-refractivity contribution is 0.102. The standard InChI is InChI=1S/C21H19ClFN3O/c1-2-26(14-15-6-4-3-5-7-15)17-10-11-24-20(13-17)21(27)25-16-8-9-19(23)18(22)12-16/h3-13H,2,14H2,1H3,(H,25,27). The van der Waals surface area contributed by atoms with Gasteiger partial charge < -0.3 is 10.2 Å². The molecule has 0 aliphatic carbocycles. The molecule has 4 nitrogen and oxygen atoms in total. The van der Waals surface area contributed by atoms with Crippen LogP contribution in [0.5, 0.6) is 0 Å². The van der Waals surface area contributed by atoms with Crippen LogP contribution in [0, 0.1) is 5.82 Å². The van der Waals surface area contributed by atoms with Crippen LogP contribution in [0.1, 0.15) is 23.0 Å². The van der Waals surface area contributed by atoms with Gasteiger partial charge in [-0.05, 0) is 42.8 Å². The van der Waals surface area contributed by atoms with Crippen LogP contribution < -0.4 is 10.2 Å². The fraction of sp³-hybridized carbons (Fsp3) is 0.143. The number of hydrogen-bond donors (Lipinski definition) is 1. The normalized spacial score (nSPS) is 10.5. The maximum atomic E-state index is 13.3. The van der Waals surface area contributed by atoms with E-state index in [1.807, 2.05) is 24.3 Å². The van der Waals surface area contributed by atoms with Crippen LogP contribution in [0.3, 0.4) is 0 Å². The van der Waals surface area contributed by atoms with Crippen LogP contribution in [0.2, 0.25) is 5.02 Å². The largest absolute Gasteiger partial charge is 0.367 e. The fourth-order valence-electron chi connectivity index (χ4n) is 2.70. The van der Waals surface area contributed by atoms with Gasteiger partial charge in [-0.15, -0.1) is 0 Å². The van der Waals surface area contributed by atoms with Crippen molar-refractivity contribution in [2.24, 2.45) is 0 Å². The lowest BCUT2D eigenvalue weighted by Crippen LogP contribution is -2.23. The van der Waals surface area contributed by atoms with Gasteiger partial charge in [-0.2, -0.15) is 0 Å². The number of halogens is 2. The first-order valence-electron chi connectivity index (χ1n) is 8.58. The highest BCUT2D eigenvalue weighted by molar-refractivity contribution is 6.31. The first-order chi connectivity index (χ1) is 13.1. The molecule has 0 spiro atoms. The van der Waals surface area contributed by atoms with E-state index in [1.54, 1.807) is 12.3 Å². The summed E-state index contributed by atoms with van der Waals surface area (Å²) in [6.45, 7) is 3.58. The third-order valence-corrected chi connectivity index (χ3v) is 4.41. The minimum absolute atomic E-state index is 0.0467. The van der Waals surface area contributed by atoms with Gasteiger partial charge >= 0.3 is 0 Å². The van der Waals surface area contributed by atoms with E-state index in [-0.39, 0.29) is 16.6 Å². The summed E-state index contributed by atoms with van der Waals surface area (Å²) in [7, 11) is 0. The van der Waals surface area contributed by atoms with Gasteiger partial charge in [-0.3, -0.25) is 9.78 Å². The van der Waals surface area contributed by atoms with Crippen molar-refractivity contribution in [3.05, 3.63) is 89.0 Å². The Morgan fingerprint density at radius 1 is 1.15 bits per heavy atom. The van der Waals surface area contributed by atoms with Gasteiger partial charge in [0.15, 0.2) is 0 Å². The number of rotatable bonds is 6. The first kappa shape index (κ1) is 18.9. The molecule has 27 heavy (non-hydrogen) atoms. The van der Waals surface area contributed by atoms with E-state index in [1.165, 1.54) is 23.8 Å². The van der Waals surface area contributed by atoms with Crippen molar-refractivity contribution in [1.82, 2.24) is 4.98 Å². The summed E-state index contributed by atoms with van der Waals surface area (Å²) in [6, 6.07) is 17.8. The number of nitrogens with zero attached hydrogens (tertiary/aromatic N) is 2. The van der Waals surface area contributed by atoms with E-state index >= 15 is 0 Å². The zero-order valence-electron chi connectivity index (χ0n) is 14.8. The molecule has 3 aromatic rings. The summed E-state index contributed by atoms with van der Waals surface area (Å²) in [4.78, 5) is 18.8. The Kier molecular flexibility index (Phi) is 6.04. The number of aromatic nitrogens is 1. The van der Waals surface area contributed by atoms with E-state index < -0.39 is 5.82 Å². The molecule has 1 heterocycles. The predicted octanol–water partition coefficient (Wildman–Crippen LogP) is 5.15. The molecule has 0 fully saturated rings. The lowest BCUT2D eigenvalue weighted by Gasteiger charge is -2.23. The second kappa shape index (κ2) is 8.64. The highest BCUT2D eigenvalue weighted by Crippen LogP contribution is 2.21. The number of anilines is 2. The zero-order valence-corrected chi connectivity index (χ0v) is 15.6. The summed E-state index contributed by atoms with van der Waals surface area (Å²) in [5, 5.41) is 2.64. The minimum Gasteiger partial charge on any atom is -0.367 e. The second-order valence-electron chi connectivity index (χ2n) is 5.98. The van der Waals surface area contributed by atoms with Gasteiger partial charge in [-0.1, -0.05) is 41.9 Å². The van der Waals surface area contributed by atoms with Crippen molar-refractivity contribution < 1.29 is 9.18 Å². The number of benzene rings is 2. The van der Waals surface area contributed by atoms with Crippen LogP contribution in [-0.4, -0.2) is 17.4 Å². The molecular formula is C21H19ClFN3O. The summed E-state index contributed by atoms with van der Waals surface area (Å²) < 4.78 is 13.3. The molecule has 0 aliphatic rings. The Balaban J connectivity index is 1.77. The van der Waals surface area contributed by atoms with Crippen molar-refractivity contribution in [3.63, 3.8) is 0 Å². The van der Waals surface area contributed by atoms with Crippen molar-refractivity contribution in [3.8, 4) is 0 Å². The molecule has 1 N–H and O–H groups in total. The molecule has 138 valence electrons. The Morgan fingerprint density at radius 2 is 1.93 bits per heavy atom. The van der Waals surface area contributed by atoms with Crippen LogP contribution in [0.15, 0.2) is 66.9 Å². The number of carbonyl (C=O) groups is 1. The average Bonchev–Trinajstić information content (AvgIpc) is 2.70. The molecule has 2 aromatic carbocycles. The van der Waals surface area contributed by atoms with Crippen LogP contribution in [-0.2, 0) is 6.54 Å². The van der Waals surface area contributed by atoms with Crippen molar-refractivity contribution in [1.29, 1.82) is 0 Å². The molecule has 1 aromatic heterocycles. The number of carbonyl (C=O) groups excluding carboxylic acids is 1. The van der Waals surface area contributed by atoms with Crippen molar-refractivity contribution in [2.45, 2.75) is 13.5 Å². The maximum Gasteiger partial charge on any atom is 0.274 e. The highest BCUT2D eigenvalue weighted by atomic mass is 35.5. The molecule has 0 atom stereocenters. The van der Waals surface area contributed by atoms with Gasteiger partial charge in [0.25, 0.3) is 5.91 Å². The maximum absolute atomic E-state index is 13.3. The molecule has 0 saturated heterocycles. The van der Waals surface area contributed by atoms with E-state index in [0.29, 0.717) is 5.69 Å². The third-order valence-electron chi connectivity index (χ3n) is 4.12. The van der Waals surface area contributed by atoms with Crippen LogP contribution >= 0.6 is 11.6 Å². The topological polar surface area (TPSA) is 45.2 Å². The average molecular weight is 384 g/mol. The number of pyridine rings is 1. The quantitative estimate of drug-likeness (QED) is 0.640. The van der Waals surface area contributed by atoms with Gasteiger partial charge in [0, 0.05) is 30.7 Å². The summed E-state index contributed by atoms with van der Waals surface area (Å²) >= 11 is 5.76. The van der Waals surface area contributed by atoms with E-state index in [0.717, 1.165) is 18.8 Å². The highest BCUT2D eigenvalue weighted by Gasteiger charge is 2.12. The Hall–Kier alpha value is -2.92. The van der Waals surface area contributed by atoms with E-state index in [4.69, 9.17) is 11.6 Å². The van der Waals surface area contributed by atoms with Gasteiger partial charge in [-0.25, -0.2) is 4.39 Å². The van der Waals surface area contributed by atoms with E-state index in [2.05, 4.69) is 34.3 Å². The van der Waals surface area contributed by atoms with Crippen molar-refractivity contribution >= 4 is 28.9 Å². The second-order valence-corrected chi connectivity index (χ2v) is 6.39. The third kappa shape index (κ3) is 4.83. The summed E-state index contributed by atoms with van der Waals surface area (Å²) in [6.07, 6.45) is 1.61. The number of amides is 1.